The van der Waals surface area contributed by atoms with E-state index in [2.05, 4.69) is 0 Å². The van der Waals surface area contributed by atoms with Gasteiger partial charge in [-0.2, -0.15) is 0 Å². The first-order chi connectivity index (χ1) is 4.74. The van der Waals surface area contributed by atoms with E-state index >= 15 is 0 Å². The molecule has 0 nitrogen and oxygen atoms in total. The molecule has 0 radical (unpaired) electrons. The fourth-order valence-corrected chi connectivity index (χ4v) is 5.27. The predicted molar refractivity (Wildman–Crippen MR) is 28.6 cm³/mol. The Balaban J connectivity index is 1.91. The molecule has 6 aliphatic rings. The molecule has 0 amide bonds. The first-order valence-corrected chi connectivity index (χ1v) is 4.12. The molecule has 0 saturated heterocycles. The monoisotopic (exact) mass is 140 g/mol. The average molecular weight is 140 g/mol. The van der Waals surface area contributed by atoms with Crippen LogP contribution in [0.1, 0.15) is 0 Å². The van der Waals surface area contributed by atoms with Gasteiger partial charge in [-0.25, -0.2) is 8.78 Å². The minimum atomic E-state index is -1.26. The summed E-state index contributed by atoms with van der Waals surface area (Å²) in [4.78, 5) is 0. The molecule has 0 N–H and O–H groups in total. The van der Waals surface area contributed by atoms with Crippen molar-refractivity contribution < 1.29 is 8.78 Å². The normalized spacial score (nSPS) is 104. The summed E-state index contributed by atoms with van der Waals surface area (Å²) in [6, 6.07) is 0. The van der Waals surface area contributed by atoms with Crippen molar-refractivity contribution in [1.29, 1.82) is 0 Å². The zero-order chi connectivity index (χ0) is 6.46. The Morgan fingerprint density at radius 3 is 1.20 bits per heavy atom. The minimum absolute atomic E-state index is 0.206. The number of alkyl halides is 2. The number of hydrogen-bond acceptors (Lipinski definition) is 0. The van der Waals surface area contributed by atoms with Crippen molar-refractivity contribution >= 4 is 0 Å². The molecule has 6 saturated carbocycles. The third-order valence-electron chi connectivity index (χ3n) is 5.40. The molecule has 0 aromatic rings. The summed E-state index contributed by atoms with van der Waals surface area (Å²) in [5.74, 6) is 2.15. The van der Waals surface area contributed by atoms with Crippen LogP contribution >= 0.6 is 0 Å². The highest BCUT2D eigenvalue weighted by Crippen LogP contribution is 3.05. The van der Waals surface area contributed by atoms with Crippen LogP contribution in [-0.4, -0.2) is 11.3 Å². The third kappa shape index (κ3) is 0.0999. The van der Waals surface area contributed by atoms with Gasteiger partial charge in [0.25, 0.3) is 0 Å². The zero-order valence-electron chi connectivity index (χ0n) is 5.22. The van der Waals surface area contributed by atoms with Gasteiger partial charge < -0.3 is 0 Å². The van der Waals surface area contributed by atoms with Gasteiger partial charge in [0.05, 0.1) is 0 Å². The van der Waals surface area contributed by atoms with Crippen LogP contribution in [0.4, 0.5) is 8.78 Å². The lowest BCUT2D eigenvalue weighted by Crippen LogP contribution is -3.14. The topological polar surface area (TPSA) is 0 Å². The number of halogens is 2. The van der Waals surface area contributed by atoms with Crippen LogP contribution in [0.2, 0.25) is 0 Å². The maximum atomic E-state index is 13.4. The molecule has 0 aliphatic heterocycles. The molecule has 6 fully saturated rings. The highest BCUT2D eigenvalue weighted by Gasteiger charge is 3.13. The molecule has 0 aromatic heterocycles. The highest BCUT2D eigenvalue weighted by atomic mass is 19.2. The lowest BCUT2D eigenvalue weighted by Gasteiger charge is -3.05. The quantitative estimate of drug-likeness (QED) is 0.473. The van der Waals surface area contributed by atoms with E-state index in [1.807, 2.05) is 0 Å². The van der Waals surface area contributed by atoms with E-state index < -0.39 is 11.3 Å². The summed E-state index contributed by atoms with van der Waals surface area (Å²) >= 11 is 0. The second kappa shape index (κ2) is 0.614. The van der Waals surface area contributed by atoms with Crippen LogP contribution < -0.4 is 0 Å². The molecule has 0 aromatic carbocycles. The summed E-state index contributed by atoms with van der Waals surface area (Å²) in [5, 5.41) is 0. The summed E-state index contributed by atoms with van der Waals surface area (Å²) in [7, 11) is 0. The second-order valence-corrected chi connectivity index (χ2v) is 4.79. The summed E-state index contributed by atoms with van der Waals surface area (Å²) in [5.41, 5.74) is -2.52. The van der Waals surface area contributed by atoms with Gasteiger partial charge >= 0.3 is 0 Å². The smallest absolute Gasteiger partial charge is 0.152 e. The molecular formula is C8H6F2. The summed E-state index contributed by atoms with van der Waals surface area (Å²) < 4.78 is 26.9. The maximum absolute atomic E-state index is 13.4. The van der Waals surface area contributed by atoms with E-state index in [1.54, 1.807) is 0 Å². The molecule has 6 rings (SSSR count). The Hall–Kier alpha value is -0.140. The summed E-state index contributed by atoms with van der Waals surface area (Å²) in [6.07, 6.45) is 0. The van der Waals surface area contributed by atoms with E-state index in [4.69, 9.17) is 0 Å². The van der Waals surface area contributed by atoms with Crippen molar-refractivity contribution in [3.05, 3.63) is 0 Å². The van der Waals surface area contributed by atoms with E-state index in [9.17, 15) is 8.78 Å². The molecule has 52 valence electrons. The summed E-state index contributed by atoms with van der Waals surface area (Å²) in [6.45, 7) is 0. The zero-order valence-corrected chi connectivity index (χ0v) is 5.22. The molecule has 0 heterocycles. The van der Waals surface area contributed by atoms with Gasteiger partial charge in [0, 0.05) is 23.7 Å². The fraction of sp³-hybridized carbons (Fsp3) is 1.00. The Bertz CT molecular complexity index is 248. The van der Waals surface area contributed by atoms with Crippen molar-refractivity contribution in [3.8, 4) is 0 Å². The Kier molecular flexibility index (Phi) is 0.247. The Morgan fingerprint density at radius 1 is 0.700 bits per heavy atom. The van der Waals surface area contributed by atoms with Crippen LogP contribution in [0.25, 0.3) is 0 Å². The first kappa shape index (κ1) is 4.03. The van der Waals surface area contributed by atoms with Gasteiger partial charge in [-0.15, -0.1) is 0 Å². The van der Waals surface area contributed by atoms with Crippen molar-refractivity contribution in [3.63, 3.8) is 0 Å². The van der Waals surface area contributed by atoms with Gasteiger partial charge in [0.1, 0.15) is 0 Å². The molecular weight excluding hydrogens is 134 g/mol. The van der Waals surface area contributed by atoms with Crippen molar-refractivity contribution in [1.82, 2.24) is 0 Å². The molecule has 0 bridgehead atoms. The number of rotatable bonds is 0. The maximum Gasteiger partial charge on any atom is 0.152 e. The lowest BCUT2D eigenvalue weighted by molar-refractivity contribution is -0.640. The minimum Gasteiger partial charge on any atom is -0.240 e. The van der Waals surface area contributed by atoms with Gasteiger partial charge in [0.15, 0.2) is 11.3 Å². The van der Waals surface area contributed by atoms with Crippen LogP contribution in [-0.2, 0) is 0 Å². The van der Waals surface area contributed by atoms with E-state index in [1.165, 1.54) is 0 Å². The van der Waals surface area contributed by atoms with Crippen LogP contribution in [0.15, 0.2) is 0 Å². The van der Waals surface area contributed by atoms with Crippen molar-refractivity contribution in [2.24, 2.45) is 35.5 Å². The van der Waals surface area contributed by atoms with Gasteiger partial charge in [-0.05, 0) is 11.8 Å². The van der Waals surface area contributed by atoms with Crippen molar-refractivity contribution in [2.75, 3.05) is 0 Å². The molecule has 2 heteroatoms. The second-order valence-electron chi connectivity index (χ2n) is 4.79. The Morgan fingerprint density at radius 2 is 1.00 bits per heavy atom. The molecule has 4 unspecified atom stereocenters. The van der Waals surface area contributed by atoms with Crippen LogP contribution in [0.5, 0.6) is 0 Å². The molecule has 6 aliphatic carbocycles. The fourth-order valence-electron chi connectivity index (χ4n) is 5.27. The SMILES string of the molecule is FC12C3C4C5C3C1(F)C5C42. The highest BCUT2D eigenvalue weighted by molar-refractivity contribution is 5.59. The standard InChI is InChI=1S/C8H6F2/c9-7-3-1-2-5(3)8(7,10)6(2)4(1)7/h1-6H. The van der Waals surface area contributed by atoms with Gasteiger partial charge in [-0.1, -0.05) is 0 Å². The molecule has 4 atom stereocenters. The van der Waals surface area contributed by atoms with Gasteiger partial charge in [0.2, 0.25) is 0 Å². The molecule has 10 heavy (non-hydrogen) atoms. The van der Waals surface area contributed by atoms with E-state index in [0.29, 0.717) is 11.8 Å². The lowest BCUT2D eigenvalue weighted by atomic mass is 8.99. The first-order valence-electron chi connectivity index (χ1n) is 4.12. The van der Waals surface area contributed by atoms with Crippen LogP contribution in [0.3, 0.4) is 0 Å². The van der Waals surface area contributed by atoms with Gasteiger partial charge in [-0.3, -0.25) is 0 Å². The van der Waals surface area contributed by atoms with Crippen LogP contribution in [0, 0.1) is 35.5 Å². The average Bonchev–Trinajstić information content (AvgIpc) is 1.90. The predicted octanol–water partition coefficient (Wildman–Crippen LogP) is 1.17. The number of hydrogen-bond donors (Lipinski definition) is 0. The largest absolute Gasteiger partial charge is 0.240 e. The third-order valence-corrected chi connectivity index (χ3v) is 5.40. The Labute approximate surface area is 56.6 Å². The van der Waals surface area contributed by atoms with E-state index in [0.717, 1.165) is 0 Å². The van der Waals surface area contributed by atoms with E-state index in [-0.39, 0.29) is 23.7 Å². The molecule has 0 spiro atoms. The van der Waals surface area contributed by atoms with Crippen molar-refractivity contribution in [2.45, 2.75) is 11.3 Å².